The van der Waals surface area contributed by atoms with Gasteiger partial charge < -0.3 is 15.2 Å². The molecule has 1 aromatic heterocycles. The first-order chi connectivity index (χ1) is 13.6. The van der Waals surface area contributed by atoms with Gasteiger partial charge in [0, 0.05) is 38.7 Å². The van der Waals surface area contributed by atoms with Crippen LogP contribution in [0.25, 0.3) is 10.9 Å². The Balaban J connectivity index is 1.36. The second-order valence-corrected chi connectivity index (χ2v) is 6.84. The Labute approximate surface area is 164 Å². The molecule has 6 heteroatoms. The average Bonchev–Trinajstić information content (AvgIpc) is 2.72. The predicted molar refractivity (Wildman–Crippen MR) is 113 cm³/mol. The van der Waals surface area contributed by atoms with E-state index in [4.69, 9.17) is 0 Å². The number of nitrogens with zero attached hydrogens (tertiary/aromatic N) is 2. The summed E-state index contributed by atoms with van der Waals surface area (Å²) in [4.78, 5) is 33.5. The van der Waals surface area contributed by atoms with E-state index < -0.39 is 0 Å². The number of nitrogens with one attached hydrogen (secondary N) is 2. The van der Waals surface area contributed by atoms with E-state index in [-0.39, 0.29) is 11.5 Å². The van der Waals surface area contributed by atoms with Crippen LogP contribution < -0.4 is 15.8 Å². The molecule has 146 valence electrons. The van der Waals surface area contributed by atoms with Crippen molar-refractivity contribution < 1.29 is 4.79 Å². The monoisotopic (exact) mass is 378 g/mol. The summed E-state index contributed by atoms with van der Waals surface area (Å²) in [5.41, 5.74) is 1.73. The van der Waals surface area contributed by atoms with E-state index in [9.17, 15) is 9.59 Å². The fraction of sp³-hybridized carbons (Fsp3) is 0.318. The van der Waals surface area contributed by atoms with E-state index in [0.717, 1.165) is 13.0 Å². The molecule has 3 aromatic rings. The van der Waals surface area contributed by atoms with Crippen molar-refractivity contribution in [2.45, 2.75) is 25.7 Å². The third kappa shape index (κ3) is 5.42. The van der Waals surface area contributed by atoms with Gasteiger partial charge in [-0.25, -0.2) is 4.98 Å². The average molecular weight is 378 g/mol. The first kappa shape index (κ1) is 19.6. The van der Waals surface area contributed by atoms with Gasteiger partial charge in [-0.1, -0.05) is 30.3 Å². The van der Waals surface area contributed by atoms with E-state index >= 15 is 0 Å². The largest absolute Gasteiger partial charge is 0.375 e. The standard InChI is InChI=1S/C22H26N4O2/c1-26(17-9-3-2-4-10-17)16-8-15-23-21(27)14-7-13-20-24-19-12-6-5-11-18(19)22(28)25-20/h2-6,9-12H,7-8,13-16H2,1H3,(H,23,27)(H,24,25,28). The summed E-state index contributed by atoms with van der Waals surface area (Å²) < 4.78 is 0. The molecule has 6 nitrogen and oxygen atoms in total. The summed E-state index contributed by atoms with van der Waals surface area (Å²) in [5, 5.41) is 3.55. The van der Waals surface area contributed by atoms with Crippen LogP contribution in [0.2, 0.25) is 0 Å². The molecule has 0 aliphatic heterocycles. The van der Waals surface area contributed by atoms with Gasteiger partial charge in [0.25, 0.3) is 5.56 Å². The number of fused-ring (bicyclic) bond motifs is 1. The number of aromatic amines is 1. The van der Waals surface area contributed by atoms with Crippen LogP contribution in [-0.4, -0.2) is 36.0 Å². The molecule has 0 aliphatic carbocycles. The molecule has 0 aliphatic rings. The van der Waals surface area contributed by atoms with Gasteiger partial charge in [-0.05, 0) is 37.1 Å². The topological polar surface area (TPSA) is 78.1 Å². The summed E-state index contributed by atoms with van der Waals surface area (Å²) in [6.07, 6.45) is 2.53. The number of amides is 1. The number of aryl methyl sites for hydroxylation is 1. The molecule has 3 rings (SSSR count). The SMILES string of the molecule is CN(CCCNC(=O)CCCc1nc2ccccc2c(=O)[nH]1)c1ccccc1. The van der Waals surface area contributed by atoms with Crippen molar-refractivity contribution in [3.8, 4) is 0 Å². The third-order valence-electron chi connectivity index (χ3n) is 4.67. The number of hydrogen-bond acceptors (Lipinski definition) is 4. The molecule has 0 saturated carbocycles. The van der Waals surface area contributed by atoms with Crippen molar-refractivity contribution in [3.63, 3.8) is 0 Å². The number of anilines is 1. The van der Waals surface area contributed by atoms with E-state index in [1.54, 1.807) is 6.07 Å². The summed E-state index contributed by atoms with van der Waals surface area (Å²) in [6, 6.07) is 17.5. The first-order valence-electron chi connectivity index (χ1n) is 9.64. The molecule has 0 atom stereocenters. The highest BCUT2D eigenvalue weighted by atomic mass is 16.1. The number of carbonyl (C=O) groups excluding carboxylic acids is 1. The Kier molecular flexibility index (Phi) is 6.78. The lowest BCUT2D eigenvalue weighted by atomic mass is 10.2. The summed E-state index contributed by atoms with van der Waals surface area (Å²) >= 11 is 0. The second-order valence-electron chi connectivity index (χ2n) is 6.84. The second kappa shape index (κ2) is 9.69. The molecule has 0 unspecified atom stereocenters. The molecule has 0 spiro atoms. The van der Waals surface area contributed by atoms with Gasteiger partial charge >= 0.3 is 0 Å². The zero-order valence-corrected chi connectivity index (χ0v) is 16.1. The van der Waals surface area contributed by atoms with Crippen LogP contribution >= 0.6 is 0 Å². The summed E-state index contributed by atoms with van der Waals surface area (Å²) in [6.45, 7) is 1.54. The van der Waals surface area contributed by atoms with E-state index in [1.807, 2.05) is 36.4 Å². The Morgan fingerprint density at radius 2 is 1.82 bits per heavy atom. The summed E-state index contributed by atoms with van der Waals surface area (Å²) in [5.74, 6) is 0.659. The number of H-pyrrole nitrogens is 1. The maximum Gasteiger partial charge on any atom is 0.258 e. The van der Waals surface area contributed by atoms with Gasteiger partial charge in [-0.15, -0.1) is 0 Å². The highest BCUT2D eigenvalue weighted by Crippen LogP contribution is 2.11. The molecule has 2 aromatic carbocycles. The van der Waals surface area contributed by atoms with Gasteiger partial charge in [0.15, 0.2) is 0 Å². The number of rotatable bonds is 9. The quantitative estimate of drug-likeness (QED) is 0.561. The Bertz CT molecular complexity index is 969. The molecule has 1 amide bonds. The van der Waals surface area contributed by atoms with Gasteiger partial charge in [-0.3, -0.25) is 9.59 Å². The van der Waals surface area contributed by atoms with E-state index in [1.165, 1.54) is 5.69 Å². The smallest absolute Gasteiger partial charge is 0.258 e. The number of aromatic nitrogens is 2. The maximum absolute atomic E-state index is 12.0. The zero-order chi connectivity index (χ0) is 19.8. The molecule has 28 heavy (non-hydrogen) atoms. The van der Waals surface area contributed by atoms with E-state index in [2.05, 4.69) is 39.4 Å². The highest BCUT2D eigenvalue weighted by Gasteiger charge is 2.06. The predicted octanol–water partition coefficient (Wildman–Crippen LogP) is 2.89. The molecule has 0 bridgehead atoms. The van der Waals surface area contributed by atoms with Crippen LogP contribution in [0.3, 0.4) is 0 Å². The Morgan fingerprint density at radius 1 is 1.07 bits per heavy atom. The molecule has 0 saturated heterocycles. The number of carbonyl (C=O) groups is 1. The van der Waals surface area contributed by atoms with Crippen molar-refractivity contribution in [3.05, 3.63) is 70.8 Å². The van der Waals surface area contributed by atoms with Crippen molar-refractivity contribution in [2.24, 2.45) is 0 Å². The lowest BCUT2D eigenvalue weighted by molar-refractivity contribution is -0.121. The van der Waals surface area contributed by atoms with Gasteiger partial charge in [-0.2, -0.15) is 0 Å². The molecule has 2 N–H and O–H groups in total. The maximum atomic E-state index is 12.0. The molecular formula is C22H26N4O2. The van der Waals surface area contributed by atoms with Gasteiger partial charge in [0.2, 0.25) is 5.91 Å². The molecule has 0 fully saturated rings. The van der Waals surface area contributed by atoms with Crippen molar-refractivity contribution in [1.82, 2.24) is 15.3 Å². The number of benzene rings is 2. The van der Waals surface area contributed by atoms with Crippen LogP contribution in [0.15, 0.2) is 59.4 Å². The van der Waals surface area contributed by atoms with Crippen LogP contribution in [0.1, 0.15) is 25.1 Å². The van der Waals surface area contributed by atoms with Crippen LogP contribution in [0.4, 0.5) is 5.69 Å². The van der Waals surface area contributed by atoms with Gasteiger partial charge in [0.1, 0.15) is 5.82 Å². The van der Waals surface area contributed by atoms with Crippen LogP contribution in [0, 0.1) is 0 Å². The Morgan fingerprint density at radius 3 is 2.64 bits per heavy atom. The van der Waals surface area contributed by atoms with Gasteiger partial charge in [0.05, 0.1) is 10.9 Å². The van der Waals surface area contributed by atoms with Crippen molar-refractivity contribution in [1.29, 1.82) is 0 Å². The molecule has 0 radical (unpaired) electrons. The molecular weight excluding hydrogens is 352 g/mol. The van der Waals surface area contributed by atoms with Crippen LogP contribution in [-0.2, 0) is 11.2 Å². The number of para-hydroxylation sites is 2. The third-order valence-corrected chi connectivity index (χ3v) is 4.67. The van der Waals surface area contributed by atoms with E-state index in [0.29, 0.717) is 42.5 Å². The molecule has 1 heterocycles. The fourth-order valence-corrected chi connectivity index (χ4v) is 3.11. The lowest BCUT2D eigenvalue weighted by Gasteiger charge is -2.19. The minimum atomic E-state index is -0.132. The zero-order valence-electron chi connectivity index (χ0n) is 16.1. The summed E-state index contributed by atoms with van der Waals surface area (Å²) in [7, 11) is 2.05. The number of hydrogen-bond donors (Lipinski definition) is 2. The fourth-order valence-electron chi connectivity index (χ4n) is 3.11. The minimum absolute atomic E-state index is 0.0329. The normalized spacial score (nSPS) is 10.8. The highest BCUT2D eigenvalue weighted by molar-refractivity contribution is 5.77. The Hall–Kier alpha value is -3.15. The minimum Gasteiger partial charge on any atom is -0.375 e. The van der Waals surface area contributed by atoms with Crippen molar-refractivity contribution in [2.75, 3.05) is 25.0 Å². The lowest BCUT2D eigenvalue weighted by Crippen LogP contribution is -2.28. The van der Waals surface area contributed by atoms with Crippen molar-refractivity contribution >= 4 is 22.5 Å². The van der Waals surface area contributed by atoms with Crippen LogP contribution in [0.5, 0.6) is 0 Å². The first-order valence-corrected chi connectivity index (χ1v) is 9.64.